The Morgan fingerprint density at radius 2 is 1.95 bits per heavy atom. The molecule has 1 unspecified atom stereocenters. The summed E-state index contributed by atoms with van der Waals surface area (Å²) in [5.41, 5.74) is 1.30. The van der Waals surface area contributed by atoms with Crippen molar-refractivity contribution in [3.05, 3.63) is 35.4 Å². The highest BCUT2D eigenvalue weighted by atomic mass is 19.3. The van der Waals surface area contributed by atoms with Crippen molar-refractivity contribution in [2.24, 2.45) is 11.8 Å². The molecule has 0 aromatic heterocycles. The number of hydrogen-bond donors (Lipinski definition) is 1. The monoisotopic (exact) mass is 267 g/mol. The van der Waals surface area contributed by atoms with E-state index in [1.807, 2.05) is 12.1 Å². The Hall–Kier alpha value is -0.960. The van der Waals surface area contributed by atoms with Gasteiger partial charge in [0.05, 0.1) is 0 Å². The number of piperidine rings is 1. The summed E-state index contributed by atoms with van der Waals surface area (Å²) in [6.07, 6.45) is 3.44. The number of nitrogens with one attached hydrogen (secondary N) is 1. The van der Waals surface area contributed by atoms with Crippen LogP contribution in [0.15, 0.2) is 24.3 Å². The smallest absolute Gasteiger partial charge is 0.275 e. The van der Waals surface area contributed by atoms with Crippen LogP contribution in [0.25, 0.3) is 0 Å². The lowest BCUT2D eigenvalue weighted by molar-refractivity contribution is -0.0513. The summed E-state index contributed by atoms with van der Waals surface area (Å²) >= 11 is 0. The van der Waals surface area contributed by atoms with Crippen molar-refractivity contribution in [3.8, 4) is 0 Å². The Kier molecular flexibility index (Phi) is 4.56. The van der Waals surface area contributed by atoms with E-state index in [-0.39, 0.29) is 5.56 Å². The van der Waals surface area contributed by atoms with Crippen molar-refractivity contribution in [1.29, 1.82) is 0 Å². The lowest BCUT2D eigenvalue weighted by Gasteiger charge is -2.23. The predicted molar refractivity (Wildman–Crippen MR) is 74.5 cm³/mol. The third-order valence-electron chi connectivity index (χ3n) is 3.99. The van der Waals surface area contributed by atoms with Crippen LogP contribution >= 0.6 is 0 Å². The molecule has 1 nitrogen and oxygen atoms in total. The lowest BCUT2D eigenvalue weighted by atomic mass is 9.91. The Bertz CT molecular complexity index is 392. The van der Waals surface area contributed by atoms with Crippen LogP contribution in [0, 0.1) is 11.8 Å². The summed E-state index contributed by atoms with van der Waals surface area (Å²) in [7, 11) is 0. The molecule has 0 bridgehead atoms. The van der Waals surface area contributed by atoms with Gasteiger partial charge in [-0.15, -0.1) is 0 Å². The van der Waals surface area contributed by atoms with Crippen molar-refractivity contribution in [2.75, 3.05) is 13.1 Å². The second-order valence-corrected chi connectivity index (χ2v) is 5.89. The van der Waals surface area contributed by atoms with Crippen LogP contribution in [0.2, 0.25) is 0 Å². The highest BCUT2D eigenvalue weighted by Gasteiger charge is 2.35. The van der Waals surface area contributed by atoms with Gasteiger partial charge in [-0.3, -0.25) is 0 Å². The molecule has 106 valence electrons. The van der Waals surface area contributed by atoms with E-state index in [9.17, 15) is 8.78 Å². The highest BCUT2D eigenvalue weighted by molar-refractivity contribution is 5.26. The maximum atomic E-state index is 13.9. The first kappa shape index (κ1) is 14.4. The van der Waals surface area contributed by atoms with Gasteiger partial charge in [-0.05, 0) is 43.8 Å². The van der Waals surface area contributed by atoms with Gasteiger partial charge in [-0.1, -0.05) is 38.1 Å². The van der Waals surface area contributed by atoms with E-state index >= 15 is 0 Å². The molecule has 0 saturated carbocycles. The van der Waals surface area contributed by atoms with Gasteiger partial charge in [-0.25, -0.2) is 8.78 Å². The molecular formula is C16H23F2N. The number of benzene rings is 1. The molecule has 3 heteroatoms. The van der Waals surface area contributed by atoms with E-state index in [0.717, 1.165) is 25.1 Å². The zero-order valence-corrected chi connectivity index (χ0v) is 11.8. The van der Waals surface area contributed by atoms with Crippen molar-refractivity contribution >= 4 is 0 Å². The molecular weight excluding hydrogens is 244 g/mol. The largest absolute Gasteiger partial charge is 0.316 e. The van der Waals surface area contributed by atoms with Crippen molar-refractivity contribution in [1.82, 2.24) is 5.32 Å². The van der Waals surface area contributed by atoms with Crippen molar-refractivity contribution < 1.29 is 8.78 Å². The molecule has 1 saturated heterocycles. The van der Waals surface area contributed by atoms with Gasteiger partial charge in [-0.2, -0.15) is 0 Å². The van der Waals surface area contributed by atoms with E-state index in [2.05, 4.69) is 5.32 Å². The second kappa shape index (κ2) is 6.00. The minimum Gasteiger partial charge on any atom is -0.316 e. The lowest BCUT2D eigenvalue weighted by Crippen LogP contribution is -2.30. The molecule has 19 heavy (non-hydrogen) atoms. The molecule has 0 spiro atoms. The van der Waals surface area contributed by atoms with Crippen LogP contribution in [-0.4, -0.2) is 13.1 Å². The molecule has 1 fully saturated rings. The van der Waals surface area contributed by atoms with Gasteiger partial charge in [0, 0.05) is 11.5 Å². The van der Waals surface area contributed by atoms with Gasteiger partial charge in [0.2, 0.25) is 0 Å². The van der Waals surface area contributed by atoms with Gasteiger partial charge in [0.1, 0.15) is 0 Å². The van der Waals surface area contributed by atoms with Crippen LogP contribution in [0.4, 0.5) is 8.78 Å². The molecule has 1 N–H and O–H groups in total. The Balaban J connectivity index is 2.02. The van der Waals surface area contributed by atoms with Gasteiger partial charge in [0.25, 0.3) is 5.92 Å². The normalized spacial score (nSPS) is 20.8. The summed E-state index contributed by atoms with van der Waals surface area (Å²) < 4.78 is 27.7. The van der Waals surface area contributed by atoms with Crippen LogP contribution < -0.4 is 5.32 Å². The molecule has 0 radical (unpaired) electrons. The predicted octanol–water partition coefficient (Wildman–Crippen LogP) is 3.98. The topological polar surface area (TPSA) is 12.0 Å². The first-order chi connectivity index (χ1) is 9.00. The Labute approximate surface area is 114 Å². The van der Waals surface area contributed by atoms with Crippen LogP contribution in [0.3, 0.4) is 0 Å². The third-order valence-corrected chi connectivity index (χ3v) is 3.99. The SMILES string of the molecule is CC(C)C(F)(F)c1ccc(CC2CCCNC2)cc1. The van der Waals surface area contributed by atoms with E-state index in [1.165, 1.54) is 12.8 Å². The van der Waals surface area contributed by atoms with E-state index in [4.69, 9.17) is 0 Å². The Morgan fingerprint density at radius 1 is 1.26 bits per heavy atom. The molecule has 1 aromatic carbocycles. The maximum absolute atomic E-state index is 13.9. The maximum Gasteiger partial charge on any atom is 0.275 e. The van der Waals surface area contributed by atoms with Gasteiger partial charge < -0.3 is 5.32 Å². The van der Waals surface area contributed by atoms with Gasteiger partial charge in [0.15, 0.2) is 0 Å². The highest BCUT2D eigenvalue weighted by Crippen LogP contribution is 2.35. The fourth-order valence-corrected chi connectivity index (χ4v) is 2.63. The minimum absolute atomic E-state index is 0.132. The Morgan fingerprint density at radius 3 is 2.47 bits per heavy atom. The molecule has 0 aliphatic carbocycles. The first-order valence-electron chi connectivity index (χ1n) is 7.18. The minimum atomic E-state index is -2.73. The van der Waals surface area contributed by atoms with E-state index < -0.39 is 11.8 Å². The average Bonchev–Trinajstić information content (AvgIpc) is 2.40. The van der Waals surface area contributed by atoms with Crippen molar-refractivity contribution in [2.45, 2.75) is 39.0 Å². The van der Waals surface area contributed by atoms with E-state index in [0.29, 0.717) is 5.92 Å². The zero-order chi connectivity index (χ0) is 13.9. The molecule has 1 aliphatic heterocycles. The molecule has 1 heterocycles. The molecule has 2 rings (SSSR count). The fourth-order valence-electron chi connectivity index (χ4n) is 2.63. The fraction of sp³-hybridized carbons (Fsp3) is 0.625. The summed E-state index contributed by atoms with van der Waals surface area (Å²) in [5.74, 6) is -2.75. The summed E-state index contributed by atoms with van der Waals surface area (Å²) in [6, 6.07) is 6.90. The molecule has 1 aromatic rings. The summed E-state index contributed by atoms with van der Waals surface area (Å²) in [6.45, 7) is 5.27. The second-order valence-electron chi connectivity index (χ2n) is 5.89. The molecule has 1 atom stereocenters. The average molecular weight is 267 g/mol. The summed E-state index contributed by atoms with van der Waals surface area (Å²) in [4.78, 5) is 0. The number of alkyl halides is 2. The van der Waals surface area contributed by atoms with Crippen molar-refractivity contribution in [3.63, 3.8) is 0 Å². The third kappa shape index (κ3) is 3.53. The quantitative estimate of drug-likeness (QED) is 0.870. The van der Waals surface area contributed by atoms with Gasteiger partial charge >= 0.3 is 0 Å². The first-order valence-corrected chi connectivity index (χ1v) is 7.18. The van der Waals surface area contributed by atoms with Crippen LogP contribution in [0.1, 0.15) is 37.8 Å². The zero-order valence-electron chi connectivity index (χ0n) is 11.8. The van der Waals surface area contributed by atoms with Crippen LogP contribution in [-0.2, 0) is 12.3 Å². The molecule has 1 aliphatic rings. The number of halogens is 2. The number of rotatable bonds is 4. The molecule has 0 amide bonds. The van der Waals surface area contributed by atoms with E-state index in [1.54, 1.807) is 26.0 Å². The summed E-state index contributed by atoms with van der Waals surface area (Å²) in [5, 5.41) is 3.39. The van der Waals surface area contributed by atoms with Crippen LogP contribution in [0.5, 0.6) is 0 Å². The number of hydrogen-bond acceptors (Lipinski definition) is 1. The standard InChI is InChI=1S/C16H23F2N/c1-12(2)16(17,18)15-7-5-13(6-8-15)10-14-4-3-9-19-11-14/h5-8,12,14,19H,3-4,9-11H2,1-2H3.